The van der Waals surface area contributed by atoms with Crippen molar-refractivity contribution in [2.24, 2.45) is 11.7 Å². The molecular weight excluding hydrogens is 312 g/mol. The van der Waals surface area contributed by atoms with Crippen molar-refractivity contribution in [2.75, 3.05) is 20.3 Å². The van der Waals surface area contributed by atoms with Crippen LogP contribution in [0.3, 0.4) is 0 Å². The van der Waals surface area contributed by atoms with Crippen molar-refractivity contribution in [2.45, 2.75) is 57.7 Å². The summed E-state index contributed by atoms with van der Waals surface area (Å²) in [7, 11) is 1.62. The average molecular weight is 340 g/mol. The van der Waals surface area contributed by atoms with Crippen LogP contribution < -0.4 is 11.1 Å². The van der Waals surface area contributed by atoms with E-state index in [0.717, 1.165) is 19.3 Å². The van der Waals surface area contributed by atoms with E-state index in [1.54, 1.807) is 7.11 Å². The largest absolute Gasteiger partial charge is 0.384 e. The number of hydrogen-bond donors (Lipinski definition) is 2. The lowest BCUT2D eigenvalue weighted by Gasteiger charge is -2.33. The maximum absolute atomic E-state index is 12.4. The van der Waals surface area contributed by atoms with Crippen LogP contribution in [-0.2, 0) is 27.2 Å². The van der Waals surface area contributed by atoms with Crippen molar-refractivity contribution in [3.8, 4) is 0 Å². The van der Waals surface area contributed by atoms with Gasteiger partial charge in [-0.15, -0.1) is 0 Å². The second-order valence-corrected chi connectivity index (χ2v) is 6.15. The van der Waals surface area contributed by atoms with E-state index >= 15 is 0 Å². The molecule has 8 nitrogen and oxygen atoms in total. The highest BCUT2D eigenvalue weighted by Crippen LogP contribution is 2.26. The maximum Gasteiger partial charge on any atom is 0.246 e. The van der Waals surface area contributed by atoms with Crippen molar-refractivity contribution in [3.63, 3.8) is 0 Å². The Kier molecular flexibility index (Phi) is 7.61. The number of ether oxygens (including phenoxy) is 2. The molecule has 1 saturated carbocycles. The molecule has 0 aromatic carbocycles. The van der Waals surface area contributed by atoms with Gasteiger partial charge in [0.1, 0.15) is 0 Å². The Hall–Kier alpha value is -1.51. The van der Waals surface area contributed by atoms with Crippen molar-refractivity contribution in [1.82, 2.24) is 15.5 Å². The zero-order valence-electron chi connectivity index (χ0n) is 14.5. The van der Waals surface area contributed by atoms with Crippen LogP contribution in [0.4, 0.5) is 0 Å². The Balaban J connectivity index is 1.78. The lowest BCUT2D eigenvalue weighted by molar-refractivity contribution is -0.128. The molecule has 2 rings (SSSR count). The van der Waals surface area contributed by atoms with Gasteiger partial charge in [0, 0.05) is 32.1 Å². The fourth-order valence-electron chi connectivity index (χ4n) is 2.82. The molecule has 8 heteroatoms. The average Bonchev–Trinajstić information content (AvgIpc) is 3.05. The molecule has 0 unspecified atom stereocenters. The normalized spacial score (nSPS) is 24.0. The van der Waals surface area contributed by atoms with Crippen LogP contribution in [-0.4, -0.2) is 48.5 Å². The zero-order valence-corrected chi connectivity index (χ0v) is 14.5. The summed E-state index contributed by atoms with van der Waals surface area (Å²) in [5.41, 5.74) is 6.09. The molecule has 136 valence electrons. The minimum Gasteiger partial charge on any atom is -0.384 e. The first-order valence-corrected chi connectivity index (χ1v) is 8.59. The lowest BCUT2D eigenvalue weighted by Crippen LogP contribution is -2.45. The summed E-state index contributed by atoms with van der Waals surface area (Å²) in [6, 6.07) is 0.0138. The summed E-state index contributed by atoms with van der Waals surface area (Å²) in [4.78, 5) is 16.6. The molecule has 1 aliphatic rings. The number of amides is 1. The monoisotopic (exact) mass is 340 g/mol. The molecule has 3 N–H and O–H groups in total. The van der Waals surface area contributed by atoms with E-state index in [-0.39, 0.29) is 30.5 Å². The number of rotatable bonds is 9. The van der Waals surface area contributed by atoms with Crippen molar-refractivity contribution in [3.05, 3.63) is 11.7 Å². The topological polar surface area (TPSA) is 112 Å². The summed E-state index contributed by atoms with van der Waals surface area (Å²) in [5, 5.41) is 6.71. The maximum atomic E-state index is 12.4. The highest BCUT2D eigenvalue weighted by atomic mass is 16.5. The Morgan fingerprint density at radius 3 is 3.00 bits per heavy atom. The SMILES string of the molecule is CCCO[C@@H]1C[C@@H](C(=O)NCc2nc(CCOC)no2)CC[C@H]1N. The quantitative estimate of drug-likeness (QED) is 0.683. The van der Waals surface area contributed by atoms with Gasteiger partial charge in [0.25, 0.3) is 0 Å². The first-order valence-electron chi connectivity index (χ1n) is 8.59. The van der Waals surface area contributed by atoms with Crippen LogP contribution in [0.5, 0.6) is 0 Å². The summed E-state index contributed by atoms with van der Waals surface area (Å²) >= 11 is 0. The molecule has 3 atom stereocenters. The summed E-state index contributed by atoms with van der Waals surface area (Å²) in [6.07, 6.45) is 3.73. The van der Waals surface area contributed by atoms with E-state index in [2.05, 4.69) is 22.4 Å². The fourth-order valence-corrected chi connectivity index (χ4v) is 2.82. The molecule has 0 spiro atoms. The Morgan fingerprint density at radius 2 is 2.25 bits per heavy atom. The van der Waals surface area contributed by atoms with Gasteiger partial charge in [-0.1, -0.05) is 12.1 Å². The molecule has 1 aromatic rings. The van der Waals surface area contributed by atoms with Crippen LogP contribution >= 0.6 is 0 Å². The number of hydrogen-bond acceptors (Lipinski definition) is 7. The van der Waals surface area contributed by atoms with Crippen LogP contribution in [0.15, 0.2) is 4.52 Å². The Morgan fingerprint density at radius 1 is 1.42 bits per heavy atom. The lowest BCUT2D eigenvalue weighted by atomic mass is 9.83. The van der Waals surface area contributed by atoms with Gasteiger partial charge in [-0.3, -0.25) is 4.79 Å². The second kappa shape index (κ2) is 9.71. The Labute approximate surface area is 142 Å². The third-order valence-corrected chi connectivity index (χ3v) is 4.20. The highest BCUT2D eigenvalue weighted by molar-refractivity contribution is 5.78. The molecule has 0 radical (unpaired) electrons. The van der Waals surface area contributed by atoms with Gasteiger partial charge in [0.15, 0.2) is 5.82 Å². The van der Waals surface area contributed by atoms with Gasteiger partial charge in [-0.2, -0.15) is 4.98 Å². The molecule has 0 bridgehead atoms. The minimum atomic E-state index is -0.0810. The minimum absolute atomic E-state index is 0.0105. The van der Waals surface area contributed by atoms with Gasteiger partial charge in [0.05, 0.1) is 19.3 Å². The van der Waals surface area contributed by atoms with E-state index in [9.17, 15) is 4.79 Å². The molecular formula is C16H28N4O4. The predicted molar refractivity (Wildman–Crippen MR) is 87.1 cm³/mol. The van der Waals surface area contributed by atoms with Crippen molar-refractivity contribution >= 4 is 5.91 Å². The molecule has 1 amide bonds. The predicted octanol–water partition coefficient (Wildman–Crippen LogP) is 0.797. The molecule has 1 fully saturated rings. The number of methoxy groups -OCH3 is 1. The Bertz CT molecular complexity index is 508. The molecule has 1 aliphatic carbocycles. The van der Waals surface area contributed by atoms with Gasteiger partial charge in [-0.05, 0) is 25.7 Å². The number of nitrogens with one attached hydrogen (secondary N) is 1. The third-order valence-electron chi connectivity index (χ3n) is 4.20. The van der Waals surface area contributed by atoms with Crippen molar-refractivity contribution in [1.29, 1.82) is 0 Å². The first kappa shape index (κ1) is 18.8. The van der Waals surface area contributed by atoms with E-state index in [4.69, 9.17) is 19.7 Å². The highest BCUT2D eigenvalue weighted by Gasteiger charge is 2.32. The van der Waals surface area contributed by atoms with Crippen LogP contribution in [0.25, 0.3) is 0 Å². The fraction of sp³-hybridized carbons (Fsp3) is 0.812. The smallest absolute Gasteiger partial charge is 0.246 e. The number of carbonyl (C=O) groups excluding carboxylic acids is 1. The first-order chi connectivity index (χ1) is 11.6. The molecule has 1 heterocycles. The van der Waals surface area contributed by atoms with Gasteiger partial charge in [0.2, 0.25) is 11.8 Å². The summed E-state index contributed by atoms with van der Waals surface area (Å²) in [6.45, 7) is 3.51. The van der Waals surface area contributed by atoms with Crippen LogP contribution in [0, 0.1) is 5.92 Å². The van der Waals surface area contributed by atoms with E-state index < -0.39 is 0 Å². The summed E-state index contributed by atoms with van der Waals surface area (Å²) < 4.78 is 15.9. The van der Waals surface area contributed by atoms with E-state index in [0.29, 0.717) is 37.8 Å². The van der Waals surface area contributed by atoms with E-state index in [1.165, 1.54) is 0 Å². The van der Waals surface area contributed by atoms with Crippen LogP contribution in [0.1, 0.15) is 44.3 Å². The second-order valence-electron chi connectivity index (χ2n) is 6.15. The molecule has 0 aliphatic heterocycles. The van der Waals surface area contributed by atoms with E-state index in [1.807, 2.05) is 0 Å². The number of carbonyl (C=O) groups is 1. The number of nitrogens with zero attached hydrogens (tertiary/aromatic N) is 2. The van der Waals surface area contributed by atoms with Gasteiger partial charge >= 0.3 is 0 Å². The molecule has 1 aromatic heterocycles. The molecule has 24 heavy (non-hydrogen) atoms. The van der Waals surface area contributed by atoms with Gasteiger partial charge in [-0.25, -0.2) is 0 Å². The molecule has 0 saturated heterocycles. The number of nitrogens with two attached hydrogens (primary N) is 1. The number of aromatic nitrogens is 2. The standard InChI is InChI=1S/C16H28N4O4/c1-3-7-23-13-9-11(4-5-12(13)17)16(21)18-10-15-19-14(20-24-15)6-8-22-2/h11-13H,3-10,17H2,1-2H3,(H,18,21)/t11-,12+,13+/m0/s1. The van der Waals surface area contributed by atoms with Crippen molar-refractivity contribution < 1.29 is 18.8 Å². The third kappa shape index (κ3) is 5.54. The van der Waals surface area contributed by atoms with Crippen LogP contribution in [0.2, 0.25) is 0 Å². The zero-order chi connectivity index (χ0) is 17.4. The van der Waals surface area contributed by atoms with Gasteiger partial charge < -0.3 is 25.0 Å². The summed E-state index contributed by atoms with van der Waals surface area (Å²) in [5.74, 6) is 0.893.